The number of aromatic nitrogens is 1. The lowest BCUT2D eigenvalue weighted by Crippen LogP contribution is -2.12. The number of rotatable bonds is 5. The summed E-state index contributed by atoms with van der Waals surface area (Å²) in [5.74, 6) is 0. The molecular formula is C15H17N3O3. The predicted molar refractivity (Wildman–Crippen MR) is 80.5 cm³/mol. The summed E-state index contributed by atoms with van der Waals surface area (Å²) in [4.78, 5) is 15.0. The standard InChI is InChI=1S/C15H17N3O3/c19-18(20)14-6-5-13(15-12(14)4-1-8-17-15)16-9-7-11-3-2-10-21-11/h1,4-6,8,11,16H,2-3,7,9-10H2. The Balaban J connectivity index is 1.79. The lowest BCUT2D eigenvalue weighted by Gasteiger charge is -2.12. The molecule has 110 valence electrons. The van der Waals surface area contributed by atoms with E-state index in [1.165, 1.54) is 6.07 Å². The number of non-ortho nitro benzene ring substituents is 1. The number of hydrogen-bond acceptors (Lipinski definition) is 5. The molecule has 1 aromatic heterocycles. The minimum absolute atomic E-state index is 0.0859. The van der Waals surface area contributed by atoms with Crippen LogP contribution in [0.25, 0.3) is 10.9 Å². The molecule has 0 bridgehead atoms. The molecule has 1 unspecified atom stereocenters. The van der Waals surface area contributed by atoms with Crippen LogP contribution in [0, 0.1) is 10.1 Å². The van der Waals surface area contributed by atoms with E-state index in [2.05, 4.69) is 10.3 Å². The van der Waals surface area contributed by atoms with Crippen LogP contribution in [-0.4, -0.2) is 29.2 Å². The first kappa shape index (κ1) is 13.8. The van der Waals surface area contributed by atoms with E-state index < -0.39 is 0 Å². The van der Waals surface area contributed by atoms with Crippen LogP contribution in [-0.2, 0) is 4.74 Å². The van der Waals surface area contributed by atoms with E-state index >= 15 is 0 Å². The highest BCUT2D eigenvalue weighted by molar-refractivity contribution is 5.96. The monoisotopic (exact) mass is 287 g/mol. The lowest BCUT2D eigenvalue weighted by molar-refractivity contribution is -0.383. The molecule has 0 radical (unpaired) electrons. The van der Waals surface area contributed by atoms with Crippen LogP contribution in [0.4, 0.5) is 11.4 Å². The van der Waals surface area contributed by atoms with Crippen molar-refractivity contribution >= 4 is 22.3 Å². The summed E-state index contributed by atoms with van der Waals surface area (Å²) in [6.07, 6.45) is 5.16. The second kappa shape index (κ2) is 6.05. The molecule has 0 saturated carbocycles. The highest BCUT2D eigenvalue weighted by Crippen LogP contribution is 2.29. The van der Waals surface area contributed by atoms with E-state index in [1.807, 2.05) is 0 Å². The molecule has 1 N–H and O–H groups in total. The van der Waals surface area contributed by atoms with Crippen LogP contribution >= 0.6 is 0 Å². The van der Waals surface area contributed by atoms with E-state index in [1.54, 1.807) is 24.4 Å². The molecule has 1 aliphatic rings. The number of fused-ring (bicyclic) bond motifs is 1. The average molecular weight is 287 g/mol. The van der Waals surface area contributed by atoms with Gasteiger partial charge < -0.3 is 10.1 Å². The molecule has 6 nitrogen and oxygen atoms in total. The van der Waals surface area contributed by atoms with Crippen molar-refractivity contribution in [3.63, 3.8) is 0 Å². The summed E-state index contributed by atoms with van der Waals surface area (Å²) in [5, 5.41) is 14.9. The van der Waals surface area contributed by atoms with Crippen LogP contribution in [0.3, 0.4) is 0 Å². The van der Waals surface area contributed by atoms with Crippen LogP contribution < -0.4 is 5.32 Å². The maximum atomic E-state index is 11.1. The number of benzene rings is 1. The summed E-state index contributed by atoms with van der Waals surface area (Å²) in [6, 6.07) is 6.69. The Morgan fingerprint density at radius 1 is 1.43 bits per heavy atom. The summed E-state index contributed by atoms with van der Waals surface area (Å²) in [6.45, 7) is 1.63. The van der Waals surface area contributed by atoms with E-state index in [0.29, 0.717) is 17.0 Å². The second-order valence-corrected chi connectivity index (χ2v) is 5.14. The molecule has 2 heterocycles. The normalized spacial score (nSPS) is 18.0. The van der Waals surface area contributed by atoms with E-state index in [9.17, 15) is 10.1 Å². The molecule has 1 saturated heterocycles. The summed E-state index contributed by atoms with van der Waals surface area (Å²) < 4.78 is 5.58. The first-order chi connectivity index (χ1) is 10.3. The Morgan fingerprint density at radius 2 is 2.33 bits per heavy atom. The number of nitrogens with one attached hydrogen (secondary N) is 1. The Morgan fingerprint density at radius 3 is 3.10 bits per heavy atom. The predicted octanol–water partition coefficient (Wildman–Crippen LogP) is 3.12. The third-order valence-electron chi connectivity index (χ3n) is 3.75. The largest absolute Gasteiger partial charge is 0.383 e. The van der Waals surface area contributed by atoms with Crippen LogP contribution in [0.2, 0.25) is 0 Å². The zero-order valence-electron chi connectivity index (χ0n) is 11.6. The third kappa shape index (κ3) is 2.95. The van der Waals surface area contributed by atoms with Gasteiger partial charge in [0.1, 0.15) is 5.52 Å². The van der Waals surface area contributed by atoms with Crippen molar-refractivity contribution in [2.45, 2.75) is 25.4 Å². The van der Waals surface area contributed by atoms with Crippen LogP contribution in [0.5, 0.6) is 0 Å². The van der Waals surface area contributed by atoms with E-state index in [-0.39, 0.29) is 10.6 Å². The minimum Gasteiger partial charge on any atom is -0.383 e. The number of hydrogen-bond donors (Lipinski definition) is 1. The van der Waals surface area contributed by atoms with Gasteiger partial charge in [0.05, 0.1) is 22.1 Å². The van der Waals surface area contributed by atoms with Crippen molar-refractivity contribution < 1.29 is 9.66 Å². The van der Waals surface area contributed by atoms with Crippen molar-refractivity contribution in [3.05, 3.63) is 40.6 Å². The van der Waals surface area contributed by atoms with Gasteiger partial charge in [-0.25, -0.2) is 0 Å². The fourth-order valence-corrected chi connectivity index (χ4v) is 2.70. The van der Waals surface area contributed by atoms with Gasteiger partial charge in [0.2, 0.25) is 0 Å². The highest BCUT2D eigenvalue weighted by Gasteiger charge is 2.17. The van der Waals surface area contributed by atoms with E-state index in [0.717, 1.165) is 38.1 Å². The molecule has 21 heavy (non-hydrogen) atoms. The second-order valence-electron chi connectivity index (χ2n) is 5.14. The lowest BCUT2D eigenvalue weighted by atomic mass is 10.1. The number of anilines is 1. The Hall–Kier alpha value is -2.21. The van der Waals surface area contributed by atoms with Crippen LogP contribution in [0.15, 0.2) is 30.5 Å². The molecule has 1 atom stereocenters. The fraction of sp³-hybridized carbons (Fsp3) is 0.400. The Kier molecular flexibility index (Phi) is 3.96. The molecule has 1 fully saturated rings. The zero-order valence-corrected chi connectivity index (χ0v) is 11.6. The molecular weight excluding hydrogens is 270 g/mol. The van der Waals surface area contributed by atoms with Crippen molar-refractivity contribution in [3.8, 4) is 0 Å². The SMILES string of the molecule is O=[N+]([O-])c1ccc(NCCC2CCCO2)c2ncccc12. The maximum absolute atomic E-state index is 11.1. The molecule has 2 aromatic rings. The van der Waals surface area contributed by atoms with Gasteiger partial charge in [0.15, 0.2) is 0 Å². The Labute approximate surface area is 122 Å². The molecule has 6 heteroatoms. The number of nitro groups is 1. The molecule has 1 aliphatic heterocycles. The summed E-state index contributed by atoms with van der Waals surface area (Å²) in [7, 11) is 0. The van der Waals surface area contributed by atoms with Gasteiger partial charge in [-0.3, -0.25) is 15.1 Å². The number of ether oxygens (including phenoxy) is 1. The Bertz CT molecular complexity index is 654. The molecule has 3 rings (SSSR count). The van der Waals surface area contributed by atoms with Gasteiger partial charge in [0.25, 0.3) is 5.69 Å². The van der Waals surface area contributed by atoms with Gasteiger partial charge in [-0.1, -0.05) is 0 Å². The average Bonchev–Trinajstić information content (AvgIpc) is 3.00. The molecule has 1 aromatic carbocycles. The molecule has 0 amide bonds. The van der Waals surface area contributed by atoms with Gasteiger partial charge in [-0.05, 0) is 37.5 Å². The number of nitrogens with zero attached hydrogens (tertiary/aromatic N) is 2. The molecule has 0 spiro atoms. The minimum atomic E-state index is -0.375. The summed E-state index contributed by atoms with van der Waals surface area (Å²) in [5.41, 5.74) is 1.55. The molecule has 0 aliphatic carbocycles. The topological polar surface area (TPSA) is 77.3 Å². The third-order valence-corrected chi connectivity index (χ3v) is 3.75. The maximum Gasteiger partial charge on any atom is 0.278 e. The quantitative estimate of drug-likeness (QED) is 0.675. The summed E-state index contributed by atoms with van der Waals surface area (Å²) >= 11 is 0. The van der Waals surface area contributed by atoms with E-state index in [4.69, 9.17) is 4.74 Å². The van der Waals surface area contributed by atoms with Gasteiger partial charge in [0, 0.05) is 25.4 Å². The van der Waals surface area contributed by atoms with Gasteiger partial charge in [-0.15, -0.1) is 0 Å². The van der Waals surface area contributed by atoms with Crippen molar-refractivity contribution in [1.29, 1.82) is 0 Å². The van der Waals surface area contributed by atoms with Crippen molar-refractivity contribution in [2.24, 2.45) is 0 Å². The first-order valence-electron chi connectivity index (χ1n) is 7.13. The number of nitro benzene ring substituents is 1. The van der Waals surface area contributed by atoms with Crippen molar-refractivity contribution in [1.82, 2.24) is 4.98 Å². The zero-order chi connectivity index (χ0) is 14.7. The fourth-order valence-electron chi connectivity index (χ4n) is 2.70. The van der Waals surface area contributed by atoms with Crippen LogP contribution in [0.1, 0.15) is 19.3 Å². The van der Waals surface area contributed by atoms with Gasteiger partial charge >= 0.3 is 0 Å². The smallest absolute Gasteiger partial charge is 0.278 e. The van der Waals surface area contributed by atoms with Gasteiger partial charge in [-0.2, -0.15) is 0 Å². The van der Waals surface area contributed by atoms with Crippen molar-refractivity contribution in [2.75, 3.05) is 18.5 Å². The first-order valence-corrected chi connectivity index (χ1v) is 7.13. The highest BCUT2D eigenvalue weighted by atomic mass is 16.6. The number of pyridine rings is 1.